The van der Waals surface area contributed by atoms with Gasteiger partial charge in [-0.15, -0.1) is 0 Å². The van der Waals surface area contributed by atoms with Gasteiger partial charge in [-0.1, -0.05) is 27.7 Å². The first-order valence-corrected chi connectivity index (χ1v) is 7.78. The van der Waals surface area contributed by atoms with Crippen molar-refractivity contribution >= 4 is 9.84 Å². The van der Waals surface area contributed by atoms with Crippen LogP contribution < -0.4 is 0 Å². The third-order valence-corrected chi connectivity index (χ3v) is 3.62. The average Bonchev–Trinajstić information content (AvgIpc) is 2.27. The largest absolute Gasteiger partial charge is 0.378 e. The zero-order valence-corrected chi connectivity index (χ0v) is 11.6. The highest BCUT2D eigenvalue weighted by atomic mass is 32.2. The quantitative estimate of drug-likeness (QED) is 0.743. The maximum Gasteiger partial charge on any atom is 0.150 e. The molecule has 3 nitrogen and oxygen atoms in total. The minimum absolute atomic E-state index is 0.184. The van der Waals surface area contributed by atoms with E-state index in [0.29, 0.717) is 31.0 Å². The molecule has 0 aliphatic carbocycles. The lowest BCUT2D eigenvalue weighted by Gasteiger charge is -2.21. The van der Waals surface area contributed by atoms with E-state index in [-0.39, 0.29) is 6.10 Å². The molecule has 0 aromatic heterocycles. The van der Waals surface area contributed by atoms with E-state index < -0.39 is 9.84 Å². The predicted molar refractivity (Wildman–Crippen MR) is 66.0 cm³/mol. The highest BCUT2D eigenvalue weighted by Gasteiger charge is 2.23. The number of ether oxygens (including phenoxy) is 1. The number of rotatable bonds is 2. The Morgan fingerprint density at radius 1 is 1.07 bits per heavy atom. The van der Waals surface area contributed by atoms with Crippen molar-refractivity contribution in [3.05, 3.63) is 0 Å². The first-order chi connectivity index (χ1) is 7.14. The van der Waals surface area contributed by atoms with Crippen LogP contribution in [0.5, 0.6) is 0 Å². The van der Waals surface area contributed by atoms with E-state index in [4.69, 9.17) is 4.74 Å². The molecule has 94 valence electrons. The summed E-state index contributed by atoms with van der Waals surface area (Å²) in [5.74, 6) is 0.606. The summed E-state index contributed by atoms with van der Waals surface area (Å²) < 4.78 is 27.2. The van der Waals surface area contributed by atoms with Gasteiger partial charge in [0.15, 0.2) is 9.84 Å². The highest BCUT2D eigenvalue weighted by Crippen LogP contribution is 2.14. The fourth-order valence-electron chi connectivity index (χ4n) is 1.27. The van der Waals surface area contributed by atoms with Crippen LogP contribution in [0.2, 0.25) is 0 Å². The van der Waals surface area contributed by atoms with E-state index in [1.165, 1.54) is 0 Å². The van der Waals surface area contributed by atoms with Gasteiger partial charge in [0.1, 0.15) is 0 Å². The summed E-state index contributed by atoms with van der Waals surface area (Å²) in [6.45, 7) is 10.6. The molecule has 0 radical (unpaired) electrons. The van der Waals surface area contributed by atoms with Crippen molar-refractivity contribution in [2.24, 2.45) is 0 Å². The van der Waals surface area contributed by atoms with Crippen LogP contribution in [-0.2, 0) is 14.6 Å². The Kier molecular flexibility index (Phi) is 12.0. The van der Waals surface area contributed by atoms with Crippen LogP contribution in [-0.4, -0.2) is 32.6 Å². The molecule has 0 saturated carbocycles. The summed E-state index contributed by atoms with van der Waals surface area (Å²) in [6.07, 6.45) is 1.54. The third kappa shape index (κ3) is 8.88. The molecule has 0 bridgehead atoms. The molecule has 0 aromatic carbocycles. The Labute approximate surface area is 95.1 Å². The maximum absolute atomic E-state index is 10.9. The zero-order chi connectivity index (χ0) is 12.3. The van der Waals surface area contributed by atoms with Gasteiger partial charge >= 0.3 is 0 Å². The van der Waals surface area contributed by atoms with Crippen molar-refractivity contribution < 1.29 is 13.2 Å². The minimum Gasteiger partial charge on any atom is -0.378 e. The van der Waals surface area contributed by atoms with Crippen LogP contribution >= 0.6 is 0 Å². The normalized spacial score (nSPS) is 19.3. The van der Waals surface area contributed by atoms with Crippen LogP contribution in [0, 0.1) is 0 Å². The van der Waals surface area contributed by atoms with Crippen molar-refractivity contribution in [3.8, 4) is 0 Å². The first-order valence-electron chi connectivity index (χ1n) is 5.96. The van der Waals surface area contributed by atoms with Gasteiger partial charge in [-0.05, 0) is 19.8 Å². The summed E-state index contributed by atoms with van der Waals surface area (Å²) in [7, 11) is -2.71. The van der Waals surface area contributed by atoms with Crippen LogP contribution in [0.15, 0.2) is 0 Å². The summed E-state index contributed by atoms with van der Waals surface area (Å²) >= 11 is 0. The molecule has 1 heterocycles. The molecular formula is C11H26O3S. The maximum atomic E-state index is 10.9. The first kappa shape index (κ1) is 17.3. The van der Waals surface area contributed by atoms with Crippen molar-refractivity contribution in [3.63, 3.8) is 0 Å². The highest BCUT2D eigenvalue weighted by molar-refractivity contribution is 7.91. The van der Waals surface area contributed by atoms with Gasteiger partial charge in [0.25, 0.3) is 0 Å². The number of sulfone groups is 1. The van der Waals surface area contributed by atoms with Crippen molar-refractivity contribution in [1.29, 1.82) is 0 Å². The van der Waals surface area contributed by atoms with Gasteiger partial charge < -0.3 is 4.74 Å². The van der Waals surface area contributed by atoms with E-state index in [0.717, 1.165) is 0 Å². The molecule has 0 unspecified atom stereocenters. The Bertz CT molecular complexity index is 196. The van der Waals surface area contributed by atoms with E-state index in [1.54, 1.807) is 0 Å². The lowest BCUT2D eigenvalue weighted by Crippen LogP contribution is -2.28. The predicted octanol–water partition coefficient (Wildman–Crippen LogP) is 2.65. The van der Waals surface area contributed by atoms with Crippen LogP contribution in [0.25, 0.3) is 0 Å². The summed E-state index contributed by atoms with van der Waals surface area (Å²) in [5.41, 5.74) is 0. The molecule has 0 spiro atoms. The third-order valence-electron chi connectivity index (χ3n) is 1.90. The molecule has 0 atom stereocenters. The average molecular weight is 238 g/mol. The molecule has 15 heavy (non-hydrogen) atoms. The standard InChI is InChI=1S/C7H14O3S.2C2H6/c1-2-10-7-3-5-11(8,9)6-4-7;2*1-2/h7H,2-6H2,1H3;2*1-2H3. The SMILES string of the molecule is CC.CC.CCOC1CCS(=O)(=O)CC1. The molecule has 1 rings (SSSR count). The van der Waals surface area contributed by atoms with E-state index >= 15 is 0 Å². The van der Waals surface area contributed by atoms with Crippen LogP contribution in [0.3, 0.4) is 0 Å². The van der Waals surface area contributed by atoms with Gasteiger partial charge in [-0.2, -0.15) is 0 Å². The molecule has 1 aliphatic rings. The molecule has 1 fully saturated rings. The fraction of sp³-hybridized carbons (Fsp3) is 1.00. The molecular weight excluding hydrogens is 212 g/mol. The van der Waals surface area contributed by atoms with Crippen LogP contribution in [0.1, 0.15) is 47.5 Å². The molecule has 1 aliphatic heterocycles. The molecule has 0 N–H and O–H groups in total. The topological polar surface area (TPSA) is 43.4 Å². The molecule has 1 saturated heterocycles. The smallest absolute Gasteiger partial charge is 0.150 e. The summed E-state index contributed by atoms with van der Waals surface area (Å²) in [4.78, 5) is 0. The second kappa shape index (κ2) is 10.4. The second-order valence-electron chi connectivity index (χ2n) is 2.81. The van der Waals surface area contributed by atoms with E-state index in [9.17, 15) is 8.42 Å². The molecule has 0 amide bonds. The van der Waals surface area contributed by atoms with Gasteiger partial charge in [0.2, 0.25) is 0 Å². The fourth-order valence-corrected chi connectivity index (χ4v) is 2.72. The Morgan fingerprint density at radius 2 is 1.47 bits per heavy atom. The molecule has 0 aromatic rings. The second-order valence-corrected chi connectivity index (χ2v) is 5.11. The van der Waals surface area contributed by atoms with Gasteiger partial charge in [-0.25, -0.2) is 8.42 Å². The summed E-state index contributed by atoms with van der Waals surface area (Å²) in [5, 5.41) is 0. The van der Waals surface area contributed by atoms with Crippen molar-refractivity contribution in [2.45, 2.75) is 53.6 Å². The van der Waals surface area contributed by atoms with Crippen molar-refractivity contribution in [1.82, 2.24) is 0 Å². The van der Waals surface area contributed by atoms with Gasteiger partial charge in [0, 0.05) is 6.61 Å². The van der Waals surface area contributed by atoms with Gasteiger partial charge in [-0.3, -0.25) is 0 Å². The lowest BCUT2D eigenvalue weighted by atomic mass is 10.2. The molecule has 4 heteroatoms. The Morgan fingerprint density at radius 3 is 1.80 bits per heavy atom. The Balaban J connectivity index is 0. The van der Waals surface area contributed by atoms with Crippen LogP contribution in [0.4, 0.5) is 0 Å². The van der Waals surface area contributed by atoms with E-state index in [1.807, 2.05) is 34.6 Å². The number of hydrogen-bond acceptors (Lipinski definition) is 3. The van der Waals surface area contributed by atoms with Crippen molar-refractivity contribution in [2.75, 3.05) is 18.1 Å². The van der Waals surface area contributed by atoms with Gasteiger partial charge in [0.05, 0.1) is 17.6 Å². The van der Waals surface area contributed by atoms with E-state index in [2.05, 4.69) is 0 Å². The Hall–Kier alpha value is -0.0900. The summed E-state index contributed by atoms with van der Waals surface area (Å²) in [6, 6.07) is 0. The monoisotopic (exact) mass is 238 g/mol. The minimum atomic E-state index is -2.71. The lowest BCUT2D eigenvalue weighted by molar-refractivity contribution is 0.0563. The zero-order valence-electron chi connectivity index (χ0n) is 10.7. The number of hydrogen-bond donors (Lipinski definition) is 0.